The van der Waals surface area contributed by atoms with E-state index in [1.165, 1.54) is 4.90 Å². The molecule has 1 aromatic carbocycles. The number of carboxylic acids is 1. The first-order valence-electron chi connectivity index (χ1n) is 8.67. The van der Waals surface area contributed by atoms with Gasteiger partial charge in [-0.15, -0.1) is 0 Å². The molecule has 4 rings (SSSR count). The number of imide groups is 1. The van der Waals surface area contributed by atoms with Crippen LogP contribution in [0.5, 0.6) is 0 Å². The lowest BCUT2D eigenvalue weighted by atomic mass is 10.0. The molecule has 3 aliphatic heterocycles. The summed E-state index contributed by atoms with van der Waals surface area (Å²) in [5, 5.41) is 9.47. The lowest BCUT2D eigenvalue weighted by Crippen LogP contribution is -2.55. The molecule has 0 spiro atoms. The molecular weight excluding hydrogens is 336 g/mol. The lowest BCUT2D eigenvalue weighted by Gasteiger charge is -2.35. The third kappa shape index (κ3) is 2.34. The zero-order valence-electron chi connectivity index (χ0n) is 14.0. The van der Waals surface area contributed by atoms with Crippen molar-refractivity contribution in [1.29, 1.82) is 0 Å². The van der Waals surface area contributed by atoms with Crippen molar-refractivity contribution in [1.82, 2.24) is 9.80 Å². The predicted octanol–water partition coefficient (Wildman–Crippen LogP) is 1.45. The van der Waals surface area contributed by atoms with Crippen molar-refractivity contribution in [2.24, 2.45) is 0 Å². The van der Waals surface area contributed by atoms with E-state index in [9.17, 15) is 24.3 Å². The van der Waals surface area contributed by atoms with E-state index in [1.807, 2.05) is 6.08 Å². The quantitative estimate of drug-likeness (QED) is 0.641. The molecule has 1 saturated heterocycles. The molecule has 0 bridgehead atoms. The number of carbonyl (C=O) groups excluding carboxylic acids is 3. The van der Waals surface area contributed by atoms with Crippen LogP contribution in [0.3, 0.4) is 0 Å². The number of amides is 3. The Hall–Kier alpha value is -2.96. The summed E-state index contributed by atoms with van der Waals surface area (Å²) in [6.45, 7) is 0. The van der Waals surface area contributed by atoms with Gasteiger partial charge in [-0.3, -0.25) is 19.3 Å². The molecule has 0 aromatic heterocycles. The fraction of sp³-hybridized carbons (Fsp3) is 0.368. The number of hydrogen-bond donors (Lipinski definition) is 1. The first kappa shape index (κ1) is 16.5. The second kappa shape index (κ2) is 6.09. The highest BCUT2D eigenvalue weighted by molar-refractivity contribution is 6.22. The maximum absolute atomic E-state index is 13.2. The number of fused-ring (bicyclic) bond motifs is 2. The van der Waals surface area contributed by atoms with Crippen LogP contribution < -0.4 is 0 Å². The molecule has 0 aliphatic carbocycles. The Morgan fingerprint density at radius 3 is 2.19 bits per heavy atom. The normalized spacial score (nSPS) is 29.2. The Kier molecular flexibility index (Phi) is 3.86. The Balaban J connectivity index is 1.72. The average molecular weight is 354 g/mol. The Morgan fingerprint density at radius 2 is 1.58 bits per heavy atom. The van der Waals surface area contributed by atoms with Crippen LogP contribution >= 0.6 is 0 Å². The molecule has 0 saturated carbocycles. The number of nitrogens with zero attached hydrogens (tertiary/aromatic N) is 2. The third-order valence-corrected chi connectivity index (χ3v) is 5.40. The summed E-state index contributed by atoms with van der Waals surface area (Å²) in [6.07, 6.45) is 5.47. The average Bonchev–Trinajstić information content (AvgIpc) is 3.14. The van der Waals surface area contributed by atoms with Gasteiger partial charge in [0, 0.05) is 6.04 Å². The topological polar surface area (TPSA) is 95.0 Å². The van der Waals surface area contributed by atoms with Gasteiger partial charge in [-0.05, 0) is 37.8 Å². The van der Waals surface area contributed by atoms with Crippen molar-refractivity contribution in [2.75, 3.05) is 0 Å². The molecule has 26 heavy (non-hydrogen) atoms. The first-order chi connectivity index (χ1) is 12.5. The lowest BCUT2D eigenvalue weighted by molar-refractivity contribution is -0.151. The number of hydrogen-bond acceptors (Lipinski definition) is 4. The molecule has 0 unspecified atom stereocenters. The fourth-order valence-corrected chi connectivity index (χ4v) is 4.15. The van der Waals surface area contributed by atoms with Gasteiger partial charge in [0.15, 0.2) is 0 Å². The number of aliphatic carboxylic acids is 1. The second-order valence-electron chi connectivity index (χ2n) is 6.82. The van der Waals surface area contributed by atoms with E-state index in [1.54, 1.807) is 30.3 Å². The number of carboxylic acid groups (broad SMARTS) is 1. The molecule has 1 aromatic rings. The Labute approximate surface area is 149 Å². The molecule has 1 fully saturated rings. The summed E-state index contributed by atoms with van der Waals surface area (Å²) < 4.78 is 0. The van der Waals surface area contributed by atoms with E-state index in [-0.39, 0.29) is 23.6 Å². The van der Waals surface area contributed by atoms with Gasteiger partial charge in [0.05, 0.1) is 11.1 Å². The van der Waals surface area contributed by atoms with E-state index >= 15 is 0 Å². The Bertz CT molecular complexity index is 811. The largest absolute Gasteiger partial charge is 0.480 e. The van der Waals surface area contributed by atoms with Gasteiger partial charge >= 0.3 is 5.97 Å². The number of carbonyl (C=O) groups is 4. The molecule has 3 amide bonds. The van der Waals surface area contributed by atoms with Crippen molar-refractivity contribution in [3.05, 3.63) is 47.5 Å². The van der Waals surface area contributed by atoms with E-state index < -0.39 is 35.8 Å². The summed E-state index contributed by atoms with van der Waals surface area (Å²) >= 11 is 0. The summed E-state index contributed by atoms with van der Waals surface area (Å²) in [6, 6.07) is 4.35. The van der Waals surface area contributed by atoms with E-state index in [0.29, 0.717) is 19.3 Å². The van der Waals surface area contributed by atoms with Crippen LogP contribution in [0.15, 0.2) is 36.4 Å². The van der Waals surface area contributed by atoms with Gasteiger partial charge < -0.3 is 10.0 Å². The van der Waals surface area contributed by atoms with Crippen molar-refractivity contribution < 1.29 is 24.3 Å². The highest BCUT2D eigenvalue weighted by Gasteiger charge is 2.48. The highest BCUT2D eigenvalue weighted by atomic mass is 16.4. The van der Waals surface area contributed by atoms with Crippen LogP contribution in [0.25, 0.3) is 0 Å². The molecule has 3 aliphatic rings. The molecular formula is C19H18N2O5. The molecule has 3 heterocycles. The predicted molar refractivity (Wildman–Crippen MR) is 90.4 cm³/mol. The maximum Gasteiger partial charge on any atom is 0.326 e. The summed E-state index contributed by atoms with van der Waals surface area (Å²) in [5.74, 6) is -2.51. The van der Waals surface area contributed by atoms with Crippen molar-refractivity contribution in [3.63, 3.8) is 0 Å². The van der Waals surface area contributed by atoms with Crippen LogP contribution in [0.2, 0.25) is 0 Å². The van der Waals surface area contributed by atoms with Gasteiger partial charge in [0.1, 0.15) is 12.1 Å². The van der Waals surface area contributed by atoms with E-state index in [4.69, 9.17) is 0 Å². The van der Waals surface area contributed by atoms with Crippen LogP contribution in [-0.4, -0.2) is 56.7 Å². The van der Waals surface area contributed by atoms with Crippen molar-refractivity contribution in [3.8, 4) is 0 Å². The van der Waals surface area contributed by atoms with Crippen LogP contribution in [-0.2, 0) is 9.59 Å². The van der Waals surface area contributed by atoms with E-state index in [2.05, 4.69) is 0 Å². The number of benzene rings is 1. The minimum Gasteiger partial charge on any atom is -0.480 e. The van der Waals surface area contributed by atoms with Gasteiger partial charge in [0.2, 0.25) is 5.91 Å². The molecule has 3 atom stereocenters. The molecule has 134 valence electrons. The van der Waals surface area contributed by atoms with Crippen LogP contribution in [0.4, 0.5) is 0 Å². The van der Waals surface area contributed by atoms with Gasteiger partial charge in [-0.25, -0.2) is 4.79 Å². The minimum absolute atomic E-state index is 0.194. The molecule has 7 nitrogen and oxygen atoms in total. The van der Waals surface area contributed by atoms with Gasteiger partial charge in [-0.2, -0.15) is 0 Å². The summed E-state index contributed by atoms with van der Waals surface area (Å²) in [7, 11) is 0. The van der Waals surface area contributed by atoms with Gasteiger partial charge in [-0.1, -0.05) is 24.3 Å². The molecule has 7 heteroatoms. The monoisotopic (exact) mass is 354 g/mol. The maximum atomic E-state index is 13.2. The summed E-state index contributed by atoms with van der Waals surface area (Å²) in [5.41, 5.74) is 0.563. The summed E-state index contributed by atoms with van der Waals surface area (Å²) in [4.78, 5) is 52.7. The van der Waals surface area contributed by atoms with E-state index in [0.717, 1.165) is 4.90 Å². The zero-order chi connectivity index (χ0) is 18.4. The highest BCUT2D eigenvalue weighted by Crippen LogP contribution is 2.33. The van der Waals surface area contributed by atoms with Crippen LogP contribution in [0, 0.1) is 0 Å². The third-order valence-electron chi connectivity index (χ3n) is 5.40. The molecule has 1 N–H and O–H groups in total. The fourth-order valence-electron chi connectivity index (χ4n) is 4.15. The first-order valence-corrected chi connectivity index (χ1v) is 8.67. The smallest absolute Gasteiger partial charge is 0.326 e. The van der Waals surface area contributed by atoms with Crippen molar-refractivity contribution in [2.45, 2.75) is 43.8 Å². The molecule has 0 radical (unpaired) electrons. The number of rotatable bonds is 2. The van der Waals surface area contributed by atoms with Crippen molar-refractivity contribution >= 4 is 23.7 Å². The second-order valence-corrected chi connectivity index (χ2v) is 6.82. The Morgan fingerprint density at radius 1 is 0.962 bits per heavy atom. The zero-order valence-corrected chi connectivity index (χ0v) is 14.0. The minimum atomic E-state index is -1.05. The van der Waals surface area contributed by atoms with Crippen LogP contribution in [0.1, 0.15) is 46.4 Å². The van der Waals surface area contributed by atoms with Gasteiger partial charge in [0.25, 0.3) is 11.8 Å². The SMILES string of the molecule is O=C(O)[C@@H]1CC[C@@H]2C/C=C\C[C@H](N3C(=O)c4ccccc4C3=O)C(=O)N21. The standard InChI is InChI=1S/C19H18N2O5/c22-16-12-6-2-3-7-13(12)17(23)21(16)14-8-4-1-5-11-9-10-15(19(25)26)20(11)18(14)24/h1-4,6-7,11,14-15H,5,8-10H2,(H,25,26)/b4-1-/t11-,14-,15-/m0/s1.